The maximum absolute atomic E-state index is 13.5. The van der Waals surface area contributed by atoms with Gasteiger partial charge in [-0.15, -0.1) is 0 Å². The van der Waals surface area contributed by atoms with Gasteiger partial charge in [0, 0.05) is 42.8 Å². The first-order chi connectivity index (χ1) is 18.4. The molecule has 6 rings (SSSR count). The minimum absolute atomic E-state index is 0.00831. The van der Waals surface area contributed by atoms with E-state index in [0.717, 1.165) is 68.3 Å². The summed E-state index contributed by atoms with van der Waals surface area (Å²) in [5.74, 6) is 0.0980. The van der Waals surface area contributed by atoms with Crippen LogP contribution in [0.1, 0.15) is 68.1 Å². The lowest BCUT2D eigenvalue weighted by atomic mass is 9.83. The van der Waals surface area contributed by atoms with Crippen molar-refractivity contribution in [3.05, 3.63) is 53.1 Å². The molecule has 4 aliphatic rings. The highest BCUT2D eigenvalue weighted by molar-refractivity contribution is 7.89. The predicted molar refractivity (Wildman–Crippen MR) is 148 cm³/mol. The Labute approximate surface area is 225 Å². The summed E-state index contributed by atoms with van der Waals surface area (Å²) in [7, 11) is -3.66. The smallest absolute Gasteiger partial charge is 0.243 e. The van der Waals surface area contributed by atoms with Crippen LogP contribution in [0.25, 0.3) is 0 Å². The topological polar surface area (TPSA) is 86.8 Å². The van der Waals surface area contributed by atoms with Gasteiger partial charge < -0.3 is 10.2 Å². The van der Waals surface area contributed by atoms with Crippen molar-refractivity contribution in [3.63, 3.8) is 0 Å². The number of anilines is 2. The molecule has 0 unspecified atom stereocenters. The molecule has 0 aromatic heterocycles. The van der Waals surface area contributed by atoms with Crippen LogP contribution in [0.2, 0.25) is 0 Å². The molecule has 0 bridgehead atoms. The molecule has 7 nitrogen and oxygen atoms in total. The standard InChI is InChI=1S/C30H37N3O4S/c34-29(31-27-12-4-7-21-6-1-2-11-26(21)27)22-15-18-32(19-16-22)38(36,37)25-13-14-28-24(20-25)10-5-17-33(28)30(35)23-8-3-9-23/h4,7,12-14,20,22-23H,1-3,5-6,8-11,15-19H2,(H,31,34). The third kappa shape index (κ3) is 4.77. The van der Waals surface area contributed by atoms with Crippen LogP contribution in [0.4, 0.5) is 11.4 Å². The maximum atomic E-state index is 13.5. The van der Waals surface area contributed by atoms with E-state index in [4.69, 9.17) is 0 Å². The van der Waals surface area contributed by atoms with Gasteiger partial charge >= 0.3 is 0 Å². The molecule has 2 amide bonds. The summed E-state index contributed by atoms with van der Waals surface area (Å²) < 4.78 is 28.6. The number of aryl methyl sites for hydroxylation is 2. The summed E-state index contributed by atoms with van der Waals surface area (Å²) >= 11 is 0. The van der Waals surface area contributed by atoms with Crippen LogP contribution in [0.15, 0.2) is 41.3 Å². The molecule has 2 aromatic rings. The largest absolute Gasteiger partial charge is 0.326 e. The van der Waals surface area contributed by atoms with Gasteiger partial charge in [-0.3, -0.25) is 9.59 Å². The van der Waals surface area contributed by atoms with Crippen molar-refractivity contribution in [1.29, 1.82) is 0 Å². The number of fused-ring (bicyclic) bond motifs is 2. The number of nitrogens with zero attached hydrogens (tertiary/aromatic N) is 2. The third-order valence-electron chi connectivity index (χ3n) is 9.01. The van der Waals surface area contributed by atoms with Gasteiger partial charge in [-0.25, -0.2) is 8.42 Å². The minimum Gasteiger partial charge on any atom is -0.326 e. The fourth-order valence-electron chi connectivity index (χ4n) is 6.48. The quantitative estimate of drug-likeness (QED) is 0.602. The second-order valence-electron chi connectivity index (χ2n) is 11.3. The number of carbonyl (C=O) groups excluding carboxylic acids is 2. The first-order valence-corrected chi connectivity index (χ1v) is 15.7. The highest BCUT2D eigenvalue weighted by atomic mass is 32.2. The van der Waals surface area contributed by atoms with Gasteiger partial charge in [0.2, 0.25) is 21.8 Å². The van der Waals surface area contributed by atoms with Gasteiger partial charge in [0.25, 0.3) is 0 Å². The van der Waals surface area contributed by atoms with E-state index in [2.05, 4.69) is 11.4 Å². The predicted octanol–water partition coefficient (Wildman–Crippen LogP) is 4.68. The molecular formula is C30H37N3O4S. The molecule has 1 saturated heterocycles. The number of amides is 2. The Morgan fingerprint density at radius 2 is 1.55 bits per heavy atom. The molecule has 2 heterocycles. The maximum Gasteiger partial charge on any atom is 0.243 e. The number of rotatable bonds is 5. The van der Waals surface area contributed by atoms with Crippen LogP contribution >= 0.6 is 0 Å². The van der Waals surface area contributed by atoms with Gasteiger partial charge in [0.15, 0.2) is 0 Å². The van der Waals surface area contributed by atoms with Crippen molar-refractivity contribution in [2.24, 2.45) is 11.8 Å². The number of benzene rings is 2. The highest BCUT2D eigenvalue weighted by Crippen LogP contribution is 2.36. The van der Waals surface area contributed by atoms with E-state index in [1.165, 1.54) is 21.9 Å². The Bertz CT molecular complexity index is 1340. The van der Waals surface area contributed by atoms with E-state index >= 15 is 0 Å². The highest BCUT2D eigenvalue weighted by Gasteiger charge is 2.35. The Hall–Kier alpha value is -2.71. The first-order valence-electron chi connectivity index (χ1n) is 14.3. The first kappa shape index (κ1) is 25.6. The zero-order chi connectivity index (χ0) is 26.3. The molecule has 202 valence electrons. The average Bonchev–Trinajstić information content (AvgIpc) is 2.91. The summed E-state index contributed by atoms with van der Waals surface area (Å²) in [6.07, 6.45) is 10.1. The molecule has 38 heavy (non-hydrogen) atoms. The van der Waals surface area contributed by atoms with Crippen LogP contribution < -0.4 is 10.2 Å². The van der Waals surface area contributed by atoms with E-state index in [-0.39, 0.29) is 28.5 Å². The van der Waals surface area contributed by atoms with Crippen LogP contribution in [0.5, 0.6) is 0 Å². The number of nitrogens with one attached hydrogen (secondary N) is 1. The SMILES string of the molecule is O=C(Nc1cccc2c1CCCC2)C1CCN(S(=O)(=O)c2ccc3c(c2)CCCN3C(=O)C2CCC2)CC1. The summed E-state index contributed by atoms with van der Waals surface area (Å²) in [5.41, 5.74) is 5.31. The molecule has 0 radical (unpaired) electrons. The summed E-state index contributed by atoms with van der Waals surface area (Å²) in [6, 6.07) is 11.4. The molecule has 0 atom stereocenters. The Kier molecular flexibility index (Phi) is 7.03. The molecule has 2 aliphatic heterocycles. The Balaban J connectivity index is 1.11. The van der Waals surface area contributed by atoms with Crippen molar-refractivity contribution in [1.82, 2.24) is 4.31 Å². The second-order valence-corrected chi connectivity index (χ2v) is 13.3. The lowest BCUT2D eigenvalue weighted by Gasteiger charge is -2.35. The number of piperidine rings is 1. The van der Waals surface area contributed by atoms with Crippen LogP contribution in [0, 0.1) is 11.8 Å². The van der Waals surface area contributed by atoms with Crippen molar-refractivity contribution in [2.45, 2.75) is 75.5 Å². The number of hydrogen-bond donors (Lipinski definition) is 1. The lowest BCUT2D eigenvalue weighted by Crippen LogP contribution is -2.42. The molecule has 8 heteroatoms. The van der Waals surface area contributed by atoms with E-state index < -0.39 is 10.0 Å². The van der Waals surface area contributed by atoms with Crippen LogP contribution in [-0.2, 0) is 38.9 Å². The van der Waals surface area contributed by atoms with Gasteiger partial charge in [0.05, 0.1) is 4.90 Å². The van der Waals surface area contributed by atoms with Crippen molar-refractivity contribution >= 4 is 33.2 Å². The normalized spacial score (nSPS) is 20.8. The average molecular weight is 536 g/mol. The van der Waals surface area contributed by atoms with Crippen molar-refractivity contribution in [3.8, 4) is 0 Å². The molecular weight excluding hydrogens is 498 g/mol. The number of sulfonamides is 1. The Morgan fingerprint density at radius 3 is 2.32 bits per heavy atom. The summed E-state index contributed by atoms with van der Waals surface area (Å²) in [6.45, 7) is 1.36. The fraction of sp³-hybridized carbons (Fsp3) is 0.533. The molecule has 2 fully saturated rings. The van der Waals surface area contributed by atoms with Gasteiger partial charge in [-0.05, 0) is 105 Å². The zero-order valence-corrected chi connectivity index (χ0v) is 22.8. The monoisotopic (exact) mass is 535 g/mol. The number of carbonyl (C=O) groups is 2. The van der Waals surface area contributed by atoms with Gasteiger partial charge in [0.1, 0.15) is 0 Å². The molecule has 1 N–H and O–H groups in total. The molecule has 0 spiro atoms. The van der Waals surface area contributed by atoms with Crippen molar-refractivity contribution < 1.29 is 18.0 Å². The van der Waals surface area contributed by atoms with E-state index in [1.807, 2.05) is 23.1 Å². The third-order valence-corrected chi connectivity index (χ3v) is 10.9. The van der Waals surface area contributed by atoms with E-state index in [0.29, 0.717) is 32.5 Å². The fourth-order valence-corrected chi connectivity index (χ4v) is 8.00. The zero-order valence-electron chi connectivity index (χ0n) is 22.0. The van der Waals surface area contributed by atoms with E-state index in [1.54, 1.807) is 12.1 Å². The molecule has 1 saturated carbocycles. The summed E-state index contributed by atoms with van der Waals surface area (Å²) in [4.78, 5) is 28.2. The number of hydrogen-bond acceptors (Lipinski definition) is 4. The summed E-state index contributed by atoms with van der Waals surface area (Å²) in [5, 5.41) is 3.15. The molecule has 2 aliphatic carbocycles. The van der Waals surface area contributed by atoms with Crippen LogP contribution in [0.3, 0.4) is 0 Å². The molecule has 2 aromatic carbocycles. The van der Waals surface area contributed by atoms with Crippen LogP contribution in [-0.4, -0.2) is 44.2 Å². The second kappa shape index (κ2) is 10.5. The van der Waals surface area contributed by atoms with Gasteiger partial charge in [-0.2, -0.15) is 4.31 Å². The lowest BCUT2D eigenvalue weighted by molar-refractivity contribution is -0.124. The Morgan fingerprint density at radius 1 is 0.789 bits per heavy atom. The van der Waals surface area contributed by atoms with E-state index in [9.17, 15) is 18.0 Å². The van der Waals surface area contributed by atoms with Crippen molar-refractivity contribution in [2.75, 3.05) is 29.9 Å². The van der Waals surface area contributed by atoms with Gasteiger partial charge in [-0.1, -0.05) is 18.6 Å². The minimum atomic E-state index is -3.66.